The van der Waals surface area contributed by atoms with E-state index in [1.807, 2.05) is 51.1 Å². The van der Waals surface area contributed by atoms with Crippen molar-refractivity contribution in [3.05, 3.63) is 72.1 Å². The minimum Gasteiger partial charge on any atom is -0.353 e. The van der Waals surface area contributed by atoms with Crippen molar-refractivity contribution >= 4 is 11.8 Å². The first kappa shape index (κ1) is 22.7. The van der Waals surface area contributed by atoms with Gasteiger partial charge in [-0.2, -0.15) is 0 Å². The Bertz CT molecular complexity index is 1120. The molecule has 2 aromatic carbocycles. The molecule has 2 heterocycles. The number of aromatic nitrogens is 3. The van der Waals surface area contributed by atoms with Crippen molar-refractivity contribution < 1.29 is 9.59 Å². The van der Waals surface area contributed by atoms with Gasteiger partial charge in [-0.05, 0) is 50.3 Å². The first-order valence-corrected chi connectivity index (χ1v) is 11.5. The number of hydrogen-bond donors (Lipinski definition) is 1. The average molecular weight is 446 g/mol. The van der Waals surface area contributed by atoms with Gasteiger partial charge in [0.25, 0.3) is 0 Å². The molecule has 1 unspecified atom stereocenters. The van der Waals surface area contributed by atoms with Crippen LogP contribution in [0.3, 0.4) is 0 Å². The highest BCUT2D eigenvalue weighted by Gasteiger charge is 2.46. The Morgan fingerprint density at radius 2 is 1.82 bits per heavy atom. The summed E-state index contributed by atoms with van der Waals surface area (Å²) in [7, 11) is 0. The number of hydrogen-bond acceptors (Lipinski definition) is 4. The number of carbonyl (C=O) groups excluding carboxylic acids is 2. The van der Waals surface area contributed by atoms with Gasteiger partial charge in [-0.3, -0.25) is 9.59 Å². The van der Waals surface area contributed by atoms with Crippen LogP contribution in [0, 0.1) is 12.3 Å². The quantitative estimate of drug-likeness (QED) is 0.606. The molecule has 7 heteroatoms. The van der Waals surface area contributed by atoms with E-state index in [0.717, 1.165) is 22.4 Å². The predicted molar refractivity (Wildman–Crippen MR) is 127 cm³/mol. The fourth-order valence-corrected chi connectivity index (χ4v) is 4.56. The largest absolute Gasteiger partial charge is 0.353 e. The molecule has 1 aliphatic rings. The van der Waals surface area contributed by atoms with E-state index in [0.29, 0.717) is 25.9 Å². The van der Waals surface area contributed by atoms with Crippen molar-refractivity contribution in [2.24, 2.45) is 5.41 Å². The van der Waals surface area contributed by atoms with Crippen molar-refractivity contribution in [3.8, 4) is 11.1 Å². The molecule has 0 radical (unpaired) electrons. The first-order valence-electron chi connectivity index (χ1n) is 11.5. The van der Waals surface area contributed by atoms with Gasteiger partial charge in [0.2, 0.25) is 11.8 Å². The molecule has 3 aromatic rings. The molecule has 172 valence electrons. The fourth-order valence-electron chi connectivity index (χ4n) is 4.56. The minimum absolute atomic E-state index is 0.00673. The summed E-state index contributed by atoms with van der Waals surface area (Å²) in [6, 6.07) is 18.5. The van der Waals surface area contributed by atoms with Crippen LogP contribution in [0.5, 0.6) is 0 Å². The van der Waals surface area contributed by atoms with Crippen molar-refractivity contribution in [1.29, 1.82) is 0 Å². The molecule has 0 bridgehead atoms. The number of aryl methyl sites for hydroxylation is 1. The summed E-state index contributed by atoms with van der Waals surface area (Å²) < 4.78 is 1.55. The van der Waals surface area contributed by atoms with Crippen LogP contribution in [-0.4, -0.2) is 50.8 Å². The zero-order valence-corrected chi connectivity index (χ0v) is 19.5. The summed E-state index contributed by atoms with van der Waals surface area (Å²) in [5, 5.41) is 11.1. The average Bonchev–Trinajstić information content (AvgIpc) is 3.41. The first-order chi connectivity index (χ1) is 15.9. The van der Waals surface area contributed by atoms with Gasteiger partial charge in [-0.25, -0.2) is 4.68 Å². The van der Waals surface area contributed by atoms with E-state index in [2.05, 4.69) is 39.9 Å². The highest BCUT2D eigenvalue weighted by atomic mass is 16.2. The Kier molecular flexibility index (Phi) is 6.58. The lowest BCUT2D eigenvalue weighted by atomic mass is 9.78. The number of benzene rings is 2. The van der Waals surface area contributed by atoms with Gasteiger partial charge in [-0.15, -0.1) is 5.10 Å². The Balaban J connectivity index is 1.60. The van der Waals surface area contributed by atoms with Gasteiger partial charge in [0.05, 0.1) is 11.1 Å². The van der Waals surface area contributed by atoms with Gasteiger partial charge in [0.1, 0.15) is 6.54 Å². The van der Waals surface area contributed by atoms with E-state index < -0.39 is 5.41 Å². The monoisotopic (exact) mass is 445 g/mol. The van der Waals surface area contributed by atoms with Crippen LogP contribution >= 0.6 is 0 Å². The molecular weight excluding hydrogens is 414 g/mol. The molecule has 7 nitrogen and oxygen atoms in total. The summed E-state index contributed by atoms with van der Waals surface area (Å²) >= 11 is 0. The van der Waals surface area contributed by atoms with Crippen molar-refractivity contribution in [2.45, 2.75) is 46.2 Å². The Hall–Kier alpha value is -3.48. The van der Waals surface area contributed by atoms with Crippen molar-refractivity contribution in [1.82, 2.24) is 25.2 Å². The second-order valence-corrected chi connectivity index (χ2v) is 9.23. The van der Waals surface area contributed by atoms with E-state index in [1.54, 1.807) is 15.8 Å². The smallest absolute Gasteiger partial charge is 0.244 e. The molecule has 1 aliphatic heterocycles. The molecule has 1 fully saturated rings. The molecule has 1 aromatic heterocycles. The number of rotatable bonds is 7. The fraction of sp³-hybridized carbons (Fsp3) is 0.385. The highest BCUT2D eigenvalue weighted by molar-refractivity contribution is 5.86. The lowest BCUT2D eigenvalue weighted by Crippen LogP contribution is -2.47. The molecule has 1 saturated heterocycles. The summed E-state index contributed by atoms with van der Waals surface area (Å²) in [4.78, 5) is 28.3. The van der Waals surface area contributed by atoms with Crippen LogP contribution in [0.15, 0.2) is 60.8 Å². The van der Waals surface area contributed by atoms with Crippen LogP contribution in [0.2, 0.25) is 0 Å². The standard InChI is InChI=1S/C26H31N5O2/c1-19(2)27-25(33)26(13-14-30(18-26)24(32)17-31-16-20(3)28-29-31)15-22-11-7-8-12-23(22)21-9-5-4-6-10-21/h4-12,16,19H,13-15,17-18H2,1-3H3,(H,27,33). The third kappa shape index (κ3) is 5.13. The Labute approximate surface area is 194 Å². The summed E-state index contributed by atoms with van der Waals surface area (Å²) in [5.41, 5.74) is 3.46. The van der Waals surface area contributed by atoms with Gasteiger partial charge >= 0.3 is 0 Å². The number of nitrogens with one attached hydrogen (secondary N) is 1. The van der Waals surface area contributed by atoms with E-state index >= 15 is 0 Å². The summed E-state index contributed by atoms with van der Waals surface area (Å²) in [6.45, 7) is 6.84. The lowest BCUT2D eigenvalue weighted by molar-refractivity contribution is -0.134. The zero-order chi connectivity index (χ0) is 23.4. The third-order valence-electron chi connectivity index (χ3n) is 6.19. The van der Waals surface area contributed by atoms with Crippen LogP contribution in [0.1, 0.15) is 31.5 Å². The SMILES string of the molecule is Cc1cn(CC(=O)N2CCC(Cc3ccccc3-c3ccccc3)(C(=O)NC(C)C)C2)nn1. The normalized spacial score (nSPS) is 18.0. The lowest BCUT2D eigenvalue weighted by Gasteiger charge is -2.30. The summed E-state index contributed by atoms with van der Waals surface area (Å²) in [6.07, 6.45) is 2.95. The highest BCUT2D eigenvalue weighted by Crippen LogP contribution is 2.37. The predicted octanol–water partition coefficient (Wildman–Crippen LogP) is 3.24. The van der Waals surface area contributed by atoms with E-state index in [1.165, 1.54) is 0 Å². The van der Waals surface area contributed by atoms with Crippen LogP contribution in [0.4, 0.5) is 0 Å². The van der Waals surface area contributed by atoms with Gasteiger partial charge in [-0.1, -0.05) is 59.8 Å². The van der Waals surface area contributed by atoms with E-state index in [9.17, 15) is 9.59 Å². The molecule has 33 heavy (non-hydrogen) atoms. The number of amides is 2. The van der Waals surface area contributed by atoms with Crippen molar-refractivity contribution in [3.63, 3.8) is 0 Å². The van der Waals surface area contributed by atoms with Crippen LogP contribution < -0.4 is 5.32 Å². The van der Waals surface area contributed by atoms with Gasteiger partial charge < -0.3 is 10.2 Å². The van der Waals surface area contributed by atoms with Gasteiger partial charge in [0.15, 0.2) is 0 Å². The molecule has 1 N–H and O–H groups in total. The van der Waals surface area contributed by atoms with E-state index in [4.69, 9.17) is 0 Å². The molecule has 1 atom stereocenters. The number of likely N-dealkylation sites (tertiary alicyclic amines) is 1. The maximum atomic E-state index is 13.5. The van der Waals surface area contributed by atoms with E-state index in [-0.39, 0.29) is 24.4 Å². The Morgan fingerprint density at radius 1 is 1.09 bits per heavy atom. The third-order valence-corrected chi connectivity index (χ3v) is 6.19. The second kappa shape index (κ2) is 9.57. The molecule has 0 spiro atoms. The maximum absolute atomic E-state index is 13.5. The van der Waals surface area contributed by atoms with Crippen LogP contribution in [-0.2, 0) is 22.6 Å². The number of carbonyl (C=O) groups is 2. The second-order valence-electron chi connectivity index (χ2n) is 9.23. The Morgan fingerprint density at radius 3 is 2.52 bits per heavy atom. The molecule has 0 saturated carbocycles. The molecule has 0 aliphatic carbocycles. The zero-order valence-electron chi connectivity index (χ0n) is 19.5. The van der Waals surface area contributed by atoms with Gasteiger partial charge in [0, 0.05) is 25.3 Å². The topological polar surface area (TPSA) is 80.1 Å². The molecular formula is C26H31N5O2. The number of nitrogens with zero attached hydrogens (tertiary/aromatic N) is 4. The van der Waals surface area contributed by atoms with Crippen molar-refractivity contribution in [2.75, 3.05) is 13.1 Å². The maximum Gasteiger partial charge on any atom is 0.244 e. The molecule has 2 amide bonds. The minimum atomic E-state index is -0.677. The van der Waals surface area contributed by atoms with Crippen LogP contribution in [0.25, 0.3) is 11.1 Å². The summed E-state index contributed by atoms with van der Waals surface area (Å²) in [5.74, 6) is -0.0391. The molecule has 4 rings (SSSR count).